The van der Waals surface area contributed by atoms with Gasteiger partial charge < -0.3 is 19.5 Å². The molecule has 0 saturated heterocycles. The summed E-state index contributed by atoms with van der Waals surface area (Å²) < 4.78 is 15.4. The topological polar surface area (TPSA) is 73.9 Å². The van der Waals surface area contributed by atoms with E-state index in [2.05, 4.69) is 5.32 Å². The molecule has 1 heterocycles. The van der Waals surface area contributed by atoms with Crippen molar-refractivity contribution >= 4 is 35.2 Å². The Morgan fingerprint density at radius 3 is 2.81 bits per heavy atom. The zero-order chi connectivity index (χ0) is 18.5. The number of ether oxygens (including phenoxy) is 3. The number of amides is 1. The SMILES string of the molecule is Cc1cc(Cl)ccc1NC(=O)COC(=O)C=Cc1ccc2c(c1)OCO2. The van der Waals surface area contributed by atoms with E-state index in [1.807, 2.05) is 6.92 Å². The van der Waals surface area contributed by atoms with Crippen LogP contribution in [0.1, 0.15) is 11.1 Å². The number of halogens is 1. The summed E-state index contributed by atoms with van der Waals surface area (Å²) in [4.78, 5) is 23.6. The molecule has 3 rings (SSSR count). The Balaban J connectivity index is 1.49. The highest BCUT2D eigenvalue weighted by Gasteiger charge is 2.12. The summed E-state index contributed by atoms with van der Waals surface area (Å²) >= 11 is 5.87. The Labute approximate surface area is 155 Å². The summed E-state index contributed by atoms with van der Waals surface area (Å²) in [6.45, 7) is 1.63. The number of aryl methyl sites for hydroxylation is 1. The second-order valence-corrected chi connectivity index (χ2v) is 6.00. The lowest BCUT2D eigenvalue weighted by Gasteiger charge is -2.08. The lowest BCUT2D eigenvalue weighted by Crippen LogP contribution is -2.20. The van der Waals surface area contributed by atoms with Gasteiger partial charge in [0.2, 0.25) is 6.79 Å². The van der Waals surface area contributed by atoms with Gasteiger partial charge in [-0.05, 0) is 54.5 Å². The van der Waals surface area contributed by atoms with E-state index in [1.165, 1.54) is 6.08 Å². The highest BCUT2D eigenvalue weighted by atomic mass is 35.5. The summed E-state index contributed by atoms with van der Waals surface area (Å²) in [6, 6.07) is 10.4. The number of benzene rings is 2. The van der Waals surface area contributed by atoms with Crippen LogP contribution in [0.2, 0.25) is 5.02 Å². The maximum Gasteiger partial charge on any atom is 0.331 e. The number of anilines is 1. The van der Waals surface area contributed by atoms with Gasteiger partial charge in [-0.3, -0.25) is 4.79 Å². The molecule has 0 unspecified atom stereocenters. The predicted octanol–water partition coefficient (Wildman–Crippen LogP) is 3.57. The Hall–Kier alpha value is -2.99. The van der Waals surface area contributed by atoms with Crippen molar-refractivity contribution in [3.63, 3.8) is 0 Å². The third kappa shape index (κ3) is 4.55. The average Bonchev–Trinajstić information content (AvgIpc) is 3.08. The number of carbonyl (C=O) groups is 2. The second kappa shape index (κ2) is 7.93. The van der Waals surface area contributed by atoms with Crippen LogP contribution in [0.25, 0.3) is 6.08 Å². The molecule has 2 aromatic rings. The van der Waals surface area contributed by atoms with Gasteiger partial charge in [-0.25, -0.2) is 4.79 Å². The third-order valence-corrected chi connectivity index (χ3v) is 3.85. The molecule has 0 aromatic heterocycles. The van der Waals surface area contributed by atoms with Crippen molar-refractivity contribution in [3.8, 4) is 11.5 Å². The Morgan fingerprint density at radius 1 is 1.19 bits per heavy atom. The van der Waals surface area contributed by atoms with Crippen LogP contribution in [0.15, 0.2) is 42.5 Å². The predicted molar refractivity (Wildman–Crippen MR) is 97.4 cm³/mol. The molecule has 0 bridgehead atoms. The maximum absolute atomic E-state index is 11.9. The van der Waals surface area contributed by atoms with E-state index >= 15 is 0 Å². The lowest BCUT2D eigenvalue weighted by atomic mass is 10.2. The number of nitrogens with one attached hydrogen (secondary N) is 1. The van der Waals surface area contributed by atoms with Gasteiger partial charge in [0.15, 0.2) is 18.1 Å². The van der Waals surface area contributed by atoms with E-state index in [0.29, 0.717) is 22.2 Å². The summed E-state index contributed by atoms with van der Waals surface area (Å²) in [5.41, 5.74) is 2.19. The van der Waals surface area contributed by atoms with E-state index in [0.717, 1.165) is 11.1 Å². The first-order valence-electron chi connectivity index (χ1n) is 7.82. The van der Waals surface area contributed by atoms with Crippen LogP contribution >= 0.6 is 11.6 Å². The molecule has 1 aliphatic rings. The fourth-order valence-corrected chi connectivity index (χ4v) is 2.55. The smallest absolute Gasteiger partial charge is 0.331 e. The number of carbonyl (C=O) groups excluding carboxylic acids is 2. The molecule has 0 aliphatic carbocycles. The van der Waals surface area contributed by atoms with Crippen molar-refractivity contribution in [1.82, 2.24) is 0 Å². The molecule has 0 spiro atoms. The van der Waals surface area contributed by atoms with Crippen molar-refractivity contribution in [3.05, 3.63) is 58.6 Å². The fourth-order valence-electron chi connectivity index (χ4n) is 2.32. The van der Waals surface area contributed by atoms with Crippen LogP contribution in [0.5, 0.6) is 11.5 Å². The Bertz CT molecular complexity index is 878. The van der Waals surface area contributed by atoms with Crippen LogP contribution < -0.4 is 14.8 Å². The summed E-state index contributed by atoms with van der Waals surface area (Å²) in [6.07, 6.45) is 2.82. The molecule has 134 valence electrons. The molecule has 1 N–H and O–H groups in total. The van der Waals surface area contributed by atoms with Crippen LogP contribution in [0.4, 0.5) is 5.69 Å². The Kier molecular flexibility index (Phi) is 5.43. The number of esters is 1. The molecule has 26 heavy (non-hydrogen) atoms. The third-order valence-electron chi connectivity index (χ3n) is 3.62. The minimum Gasteiger partial charge on any atom is -0.454 e. The van der Waals surface area contributed by atoms with Gasteiger partial charge in [0.25, 0.3) is 5.91 Å². The maximum atomic E-state index is 11.9. The molecule has 7 heteroatoms. The zero-order valence-corrected chi connectivity index (χ0v) is 14.7. The molecule has 0 saturated carbocycles. The molecule has 0 radical (unpaired) electrons. The van der Waals surface area contributed by atoms with Gasteiger partial charge in [-0.1, -0.05) is 17.7 Å². The van der Waals surface area contributed by atoms with E-state index < -0.39 is 11.9 Å². The first kappa shape index (κ1) is 17.8. The zero-order valence-electron chi connectivity index (χ0n) is 14.0. The summed E-state index contributed by atoms with van der Waals surface area (Å²) in [5.74, 6) is 0.239. The van der Waals surface area contributed by atoms with Gasteiger partial charge in [-0.2, -0.15) is 0 Å². The minimum absolute atomic E-state index is 0.187. The van der Waals surface area contributed by atoms with Crippen molar-refractivity contribution in [1.29, 1.82) is 0 Å². The largest absolute Gasteiger partial charge is 0.454 e. The summed E-state index contributed by atoms with van der Waals surface area (Å²) in [5, 5.41) is 3.25. The molecule has 1 aliphatic heterocycles. The highest BCUT2D eigenvalue weighted by Crippen LogP contribution is 2.32. The quantitative estimate of drug-likeness (QED) is 0.640. The average molecular weight is 374 g/mol. The van der Waals surface area contributed by atoms with Crippen LogP contribution in [-0.2, 0) is 14.3 Å². The van der Waals surface area contributed by atoms with Crippen LogP contribution in [-0.4, -0.2) is 25.3 Å². The number of rotatable bonds is 5. The number of fused-ring (bicyclic) bond motifs is 1. The van der Waals surface area contributed by atoms with Crippen LogP contribution in [0, 0.1) is 6.92 Å². The van der Waals surface area contributed by atoms with Gasteiger partial charge in [0, 0.05) is 16.8 Å². The van der Waals surface area contributed by atoms with Gasteiger partial charge in [0.05, 0.1) is 0 Å². The van der Waals surface area contributed by atoms with Crippen molar-refractivity contribution in [2.75, 3.05) is 18.7 Å². The van der Waals surface area contributed by atoms with Crippen LogP contribution in [0.3, 0.4) is 0 Å². The summed E-state index contributed by atoms with van der Waals surface area (Å²) in [7, 11) is 0. The first-order chi connectivity index (χ1) is 12.5. The Morgan fingerprint density at radius 2 is 2.00 bits per heavy atom. The monoisotopic (exact) mass is 373 g/mol. The van der Waals surface area contributed by atoms with Gasteiger partial charge in [-0.15, -0.1) is 0 Å². The van der Waals surface area contributed by atoms with Gasteiger partial charge in [0.1, 0.15) is 0 Å². The van der Waals surface area contributed by atoms with Crippen molar-refractivity contribution in [2.24, 2.45) is 0 Å². The normalized spacial score (nSPS) is 12.2. The van der Waals surface area contributed by atoms with E-state index in [4.69, 9.17) is 25.8 Å². The van der Waals surface area contributed by atoms with Crippen molar-refractivity contribution in [2.45, 2.75) is 6.92 Å². The number of hydrogen-bond donors (Lipinski definition) is 1. The number of hydrogen-bond acceptors (Lipinski definition) is 5. The second-order valence-electron chi connectivity index (χ2n) is 5.56. The highest BCUT2D eigenvalue weighted by molar-refractivity contribution is 6.30. The molecule has 6 nitrogen and oxygen atoms in total. The lowest BCUT2D eigenvalue weighted by molar-refractivity contribution is -0.142. The molecule has 0 atom stereocenters. The van der Waals surface area contributed by atoms with E-state index in [-0.39, 0.29) is 13.4 Å². The molecular weight excluding hydrogens is 358 g/mol. The standard InChI is InChI=1S/C19H16ClNO5/c1-12-8-14(20)4-5-15(12)21-18(22)10-24-19(23)7-3-13-2-6-16-17(9-13)26-11-25-16/h2-9H,10-11H2,1H3,(H,21,22). The fraction of sp³-hybridized carbons (Fsp3) is 0.158. The molecule has 1 amide bonds. The first-order valence-corrected chi connectivity index (χ1v) is 8.19. The van der Waals surface area contributed by atoms with Gasteiger partial charge >= 0.3 is 5.97 Å². The van der Waals surface area contributed by atoms with Crippen molar-refractivity contribution < 1.29 is 23.8 Å². The molecule has 2 aromatic carbocycles. The minimum atomic E-state index is -0.620. The van der Waals surface area contributed by atoms with E-state index in [1.54, 1.807) is 42.5 Å². The van der Waals surface area contributed by atoms with E-state index in [9.17, 15) is 9.59 Å². The molecule has 0 fully saturated rings. The molecular formula is C19H16ClNO5.